The molecule has 1 aromatic heterocycles. The van der Waals surface area contributed by atoms with Crippen LogP contribution < -0.4 is 5.32 Å². The SMILES string of the molecule is CCS[C@@H]1CCC[C@@H](NC(=O)c2ccc[nH]c2=S)C1. The molecule has 1 saturated carbocycles. The van der Waals surface area contributed by atoms with Crippen LogP contribution in [-0.2, 0) is 0 Å². The molecule has 0 spiro atoms. The predicted molar refractivity (Wildman–Crippen MR) is 83.3 cm³/mol. The van der Waals surface area contributed by atoms with Crippen molar-refractivity contribution in [3.05, 3.63) is 28.5 Å². The average molecular weight is 296 g/mol. The standard InChI is InChI=1S/C14H20N2OS2/c1-2-19-11-6-3-5-10(9-11)16-13(17)12-7-4-8-15-14(12)18/h4,7-8,10-11H,2-3,5-6,9H2,1H3,(H,15,18)(H,16,17)/t10-,11-/m1/s1. The third-order valence-electron chi connectivity index (χ3n) is 3.43. The van der Waals surface area contributed by atoms with Crippen LogP contribution >= 0.6 is 24.0 Å². The van der Waals surface area contributed by atoms with Crippen LogP contribution in [0.1, 0.15) is 43.0 Å². The maximum Gasteiger partial charge on any atom is 0.254 e. The number of hydrogen-bond acceptors (Lipinski definition) is 3. The lowest BCUT2D eigenvalue weighted by molar-refractivity contribution is 0.0927. The van der Waals surface area contributed by atoms with Crippen LogP contribution in [0.2, 0.25) is 0 Å². The molecule has 0 radical (unpaired) electrons. The molecule has 3 nitrogen and oxygen atoms in total. The number of aromatic amines is 1. The van der Waals surface area contributed by atoms with Crippen molar-refractivity contribution in [1.82, 2.24) is 10.3 Å². The van der Waals surface area contributed by atoms with Gasteiger partial charge in [0.2, 0.25) is 0 Å². The van der Waals surface area contributed by atoms with Crippen LogP contribution in [0.4, 0.5) is 0 Å². The third-order valence-corrected chi connectivity index (χ3v) is 5.00. The van der Waals surface area contributed by atoms with E-state index in [0.29, 0.717) is 21.5 Å². The van der Waals surface area contributed by atoms with Gasteiger partial charge in [-0.15, -0.1) is 0 Å². The molecular weight excluding hydrogens is 276 g/mol. The molecule has 2 atom stereocenters. The van der Waals surface area contributed by atoms with Gasteiger partial charge in [0.25, 0.3) is 5.91 Å². The van der Waals surface area contributed by atoms with Gasteiger partial charge in [-0.1, -0.05) is 25.6 Å². The lowest BCUT2D eigenvalue weighted by Gasteiger charge is -2.29. The molecule has 1 aliphatic rings. The molecule has 2 N–H and O–H groups in total. The van der Waals surface area contributed by atoms with Crippen LogP contribution in [0.25, 0.3) is 0 Å². The Balaban J connectivity index is 1.95. The van der Waals surface area contributed by atoms with Gasteiger partial charge in [-0.3, -0.25) is 4.79 Å². The highest BCUT2D eigenvalue weighted by Gasteiger charge is 2.23. The Bertz CT molecular complexity index is 484. The van der Waals surface area contributed by atoms with E-state index in [1.807, 2.05) is 11.8 Å². The maximum atomic E-state index is 12.2. The molecule has 2 rings (SSSR count). The Labute approximate surface area is 123 Å². The molecule has 1 heterocycles. The number of thioether (sulfide) groups is 1. The molecule has 0 aliphatic heterocycles. The minimum Gasteiger partial charge on any atom is -0.352 e. The van der Waals surface area contributed by atoms with Crippen molar-refractivity contribution in [2.24, 2.45) is 0 Å². The van der Waals surface area contributed by atoms with Crippen molar-refractivity contribution in [1.29, 1.82) is 0 Å². The summed E-state index contributed by atoms with van der Waals surface area (Å²) < 4.78 is 0.510. The number of carbonyl (C=O) groups excluding carboxylic acids is 1. The molecule has 1 aromatic rings. The van der Waals surface area contributed by atoms with Gasteiger partial charge in [0, 0.05) is 17.5 Å². The van der Waals surface area contributed by atoms with E-state index in [1.165, 1.54) is 12.8 Å². The molecule has 1 aliphatic carbocycles. The van der Waals surface area contributed by atoms with Crippen LogP contribution in [0.3, 0.4) is 0 Å². The fourth-order valence-electron chi connectivity index (χ4n) is 2.53. The van der Waals surface area contributed by atoms with E-state index in [2.05, 4.69) is 17.2 Å². The minimum absolute atomic E-state index is 0.0472. The van der Waals surface area contributed by atoms with Crippen LogP contribution in [0.5, 0.6) is 0 Å². The van der Waals surface area contributed by atoms with Crippen molar-refractivity contribution >= 4 is 29.9 Å². The monoisotopic (exact) mass is 296 g/mol. The van der Waals surface area contributed by atoms with Gasteiger partial charge in [-0.2, -0.15) is 11.8 Å². The van der Waals surface area contributed by atoms with E-state index >= 15 is 0 Å². The topological polar surface area (TPSA) is 44.9 Å². The Kier molecular flexibility index (Phi) is 5.45. The zero-order valence-electron chi connectivity index (χ0n) is 11.1. The molecule has 1 fully saturated rings. The highest BCUT2D eigenvalue weighted by atomic mass is 32.2. The number of hydrogen-bond donors (Lipinski definition) is 2. The molecule has 0 unspecified atom stereocenters. The summed E-state index contributed by atoms with van der Waals surface area (Å²) in [5.74, 6) is 1.10. The first-order valence-corrected chi connectivity index (χ1v) is 8.26. The highest BCUT2D eigenvalue weighted by Crippen LogP contribution is 2.28. The quantitative estimate of drug-likeness (QED) is 0.835. The summed E-state index contributed by atoms with van der Waals surface area (Å²) in [6.45, 7) is 2.19. The number of nitrogens with one attached hydrogen (secondary N) is 2. The van der Waals surface area contributed by atoms with E-state index in [1.54, 1.807) is 18.3 Å². The molecule has 0 bridgehead atoms. The minimum atomic E-state index is -0.0472. The van der Waals surface area contributed by atoms with E-state index in [9.17, 15) is 4.79 Å². The molecule has 0 saturated heterocycles. The van der Waals surface area contributed by atoms with E-state index < -0.39 is 0 Å². The smallest absolute Gasteiger partial charge is 0.254 e. The maximum absolute atomic E-state index is 12.2. The van der Waals surface area contributed by atoms with Crippen molar-refractivity contribution < 1.29 is 4.79 Å². The van der Waals surface area contributed by atoms with Gasteiger partial charge >= 0.3 is 0 Å². The van der Waals surface area contributed by atoms with Crippen molar-refractivity contribution in [2.45, 2.75) is 43.9 Å². The predicted octanol–water partition coefficient (Wildman–Crippen LogP) is 3.54. The number of pyridine rings is 1. The first kappa shape index (κ1) is 14.6. The van der Waals surface area contributed by atoms with Gasteiger partial charge in [0.15, 0.2) is 0 Å². The van der Waals surface area contributed by atoms with Gasteiger partial charge in [-0.05, 0) is 37.1 Å². The summed E-state index contributed by atoms with van der Waals surface area (Å²) in [5, 5.41) is 3.81. The summed E-state index contributed by atoms with van der Waals surface area (Å²) in [6.07, 6.45) is 6.37. The zero-order valence-corrected chi connectivity index (χ0v) is 12.8. The third kappa shape index (κ3) is 4.08. The summed E-state index contributed by atoms with van der Waals surface area (Å²) in [4.78, 5) is 15.1. The molecule has 5 heteroatoms. The fourth-order valence-corrected chi connectivity index (χ4v) is 3.93. The van der Waals surface area contributed by atoms with Crippen LogP contribution in [0.15, 0.2) is 18.3 Å². The van der Waals surface area contributed by atoms with Crippen molar-refractivity contribution in [3.63, 3.8) is 0 Å². The van der Waals surface area contributed by atoms with Crippen molar-refractivity contribution in [3.8, 4) is 0 Å². The summed E-state index contributed by atoms with van der Waals surface area (Å²) >= 11 is 7.14. The van der Waals surface area contributed by atoms with Gasteiger partial charge in [-0.25, -0.2) is 0 Å². The average Bonchev–Trinajstić information content (AvgIpc) is 2.40. The van der Waals surface area contributed by atoms with Crippen LogP contribution in [0, 0.1) is 4.64 Å². The lowest BCUT2D eigenvalue weighted by Crippen LogP contribution is -2.39. The number of amides is 1. The molecule has 19 heavy (non-hydrogen) atoms. The normalized spacial score (nSPS) is 23.0. The van der Waals surface area contributed by atoms with E-state index in [0.717, 1.165) is 18.6 Å². The molecule has 104 valence electrons. The Morgan fingerprint density at radius 2 is 2.42 bits per heavy atom. The number of H-pyrrole nitrogens is 1. The number of aromatic nitrogens is 1. The van der Waals surface area contributed by atoms with Gasteiger partial charge < -0.3 is 10.3 Å². The summed E-state index contributed by atoms with van der Waals surface area (Å²) in [7, 11) is 0. The second-order valence-corrected chi connectivity index (χ2v) is 6.81. The second kappa shape index (κ2) is 7.10. The number of carbonyl (C=O) groups is 1. The molecule has 0 aromatic carbocycles. The van der Waals surface area contributed by atoms with Gasteiger partial charge in [0.05, 0.1) is 5.56 Å². The summed E-state index contributed by atoms with van der Waals surface area (Å²) in [5.41, 5.74) is 0.572. The molecule has 1 amide bonds. The zero-order chi connectivity index (χ0) is 13.7. The van der Waals surface area contributed by atoms with E-state index in [-0.39, 0.29) is 5.91 Å². The fraction of sp³-hybridized carbons (Fsp3) is 0.571. The second-order valence-electron chi connectivity index (χ2n) is 4.83. The summed E-state index contributed by atoms with van der Waals surface area (Å²) in [6, 6.07) is 3.87. The Hall–Kier alpha value is -0.810. The lowest BCUT2D eigenvalue weighted by atomic mass is 9.95. The number of rotatable bonds is 4. The first-order chi connectivity index (χ1) is 9.20. The highest BCUT2D eigenvalue weighted by molar-refractivity contribution is 7.99. The van der Waals surface area contributed by atoms with Gasteiger partial charge in [0.1, 0.15) is 4.64 Å². The molecular formula is C14H20N2OS2. The largest absolute Gasteiger partial charge is 0.352 e. The van der Waals surface area contributed by atoms with Crippen molar-refractivity contribution in [2.75, 3.05) is 5.75 Å². The van der Waals surface area contributed by atoms with E-state index in [4.69, 9.17) is 12.2 Å². The Morgan fingerprint density at radius 1 is 1.58 bits per heavy atom. The Morgan fingerprint density at radius 3 is 3.16 bits per heavy atom. The first-order valence-electron chi connectivity index (χ1n) is 6.81. The van der Waals surface area contributed by atoms with Crippen LogP contribution in [-0.4, -0.2) is 27.9 Å².